The molecule has 0 saturated carbocycles. The molecule has 0 aromatic heterocycles. The standard InChI is InChI=1S/C6H10O3.C6H10O2.C5H8O2/c1-5(2)6(7)9-4-8-3;1-4-8-6(7)5(2)3;1-4(2)5(6)7-3/h1,4H2,2-3H3;2,4H2,1,3H3;1H2,2-3H3. The molecule has 0 atom stereocenters. The normalized spacial score (nSPS) is 8.25. The third kappa shape index (κ3) is 19.6. The Balaban J connectivity index is -0.000000278. The second-order valence-electron chi connectivity index (χ2n) is 4.39. The van der Waals surface area contributed by atoms with Crippen LogP contribution >= 0.6 is 0 Å². The third-order valence-corrected chi connectivity index (χ3v) is 1.81. The SMILES string of the molecule is C=C(C)C(=O)OC.C=C(C)C(=O)OCC.C=C(C)C(=O)OCOC. The summed E-state index contributed by atoms with van der Waals surface area (Å²) in [7, 11) is 2.78. The number of carbonyl (C=O) groups is 3. The number of ether oxygens (including phenoxy) is 4. The minimum atomic E-state index is -0.420. The van der Waals surface area contributed by atoms with Crippen molar-refractivity contribution in [2.24, 2.45) is 0 Å². The van der Waals surface area contributed by atoms with Gasteiger partial charge in [0.15, 0.2) is 6.79 Å². The lowest BCUT2D eigenvalue weighted by Gasteiger charge is -1.99. The average molecular weight is 344 g/mol. The van der Waals surface area contributed by atoms with Gasteiger partial charge in [0.25, 0.3) is 0 Å². The van der Waals surface area contributed by atoms with Crippen LogP contribution in [-0.2, 0) is 33.3 Å². The first kappa shape index (κ1) is 26.5. The van der Waals surface area contributed by atoms with Gasteiger partial charge in [-0.25, -0.2) is 14.4 Å². The first-order valence-electron chi connectivity index (χ1n) is 6.93. The molecule has 0 aromatic rings. The molecule has 0 fully saturated rings. The van der Waals surface area contributed by atoms with Crippen molar-refractivity contribution in [2.75, 3.05) is 27.6 Å². The fourth-order valence-corrected chi connectivity index (χ4v) is 0.664. The lowest BCUT2D eigenvalue weighted by molar-refractivity contribution is -0.149. The predicted molar refractivity (Wildman–Crippen MR) is 91.1 cm³/mol. The molecule has 0 radical (unpaired) electrons. The molecule has 7 heteroatoms. The molecule has 24 heavy (non-hydrogen) atoms. The number of esters is 3. The molecule has 7 nitrogen and oxygen atoms in total. The first-order valence-corrected chi connectivity index (χ1v) is 6.93. The monoisotopic (exact) mass is 344 g/mol. The molecule has 0 rings (SSSR count). The topological polar surface area (TPSA) is 88.1 Å². The van der Waals surface area contributed by atoms with Gasteiger partial charge in [-0.05, 0) is 27.7 Å². The highest BCUT2D eigenvalue weighted by Gasteiger charge is 2.00. The molecule has 0 unspecified atom stereocenters. The first-order chi connectivity index (χ1) is 11.0. The van der Waals surface area contributed by atoms with Gasteiger partial charge in [-0.15, -0.1) is 0 Å². The summed E-state index contributed by atoms with van der Waals surface area (Å²) in [4.78, 5) is 31.1. The maximum absolute atomic E-state index is 10.5. The van der Waals surface area contributed by atoms with Crippen LogP contribution in [0.15, 0.2) is 36.5 Å². The Morgan fingerprint density at radius 1 is 0.750 bits per heavy atom. The van der Waals surface area contributed by atoms with Crippen LogP contribution in [0.25, 0.3) is 0 Å². The molecule has 138 valence electrons. The minimum absolute atomic E-state index is 0.00824. The second kappa shape index (κ2) is 17.0. The van der Waals surface area contributed by atoms with Gasteiger partial charge in [-0.3, -0.25) is 0 Å². The summed E-state index contributed by atoms with van der Waals surface area (Å²) < 4.78 is 17.8. The molecule has 0 aliphatic rings. The van der Waals surface area contributed by atoms with E-state index in [0.717, 1.165) is 0 Å². The van der Waals surface area contributed by atoms with Crippen LogP contribution in [0, 0.1) is 0 Å². The van der Waals surface area contributed by atoms with Gasteiger partial charge < -0.3 is 18.9 Å². The van der Waals surface area contributed by atoms with Crippen molar-refractivity contribution in [2.45, 2.75) is 27.7 Å². The molecular formula is C17H28O7. The van der Waals surface area contributed by atoms with Gasteiger partial charge in [0.05, 0.1) is 13.7 Å². The maximum atomic E-state index is 10.5. The van der Waals surface area contributed by atoms with Gasteiger partial charge in [-0.1, -0.05) is 19.7 Å². The summed E-state index contributed by atoms with van der Waals surface area (Å²) in [6, 6.07) is 0. The van der Waals surface area contributed by atoms with E-state index in [1.807, 2.05) is 0 Å². The highest BCUT2D eigenvalue weighted by atomic mass is 16.7. The van der Waals surface area contributed by atoms with Gasteiger partial charge in [0.1, 0.15) is 0 Å². The van der Waals surface area contributed by atoms with Crippen molar-refractivity contribution in [1.29, 1.82) is 0 Å². The summed E-state index contributed by atoms with van der Waals surface area (Å²) in [5.41, 5.74) is 1.27. The largest absolute Gasteiger partial charge is 0.466 e. The van der Waals surface area contributed by atoms with Crippen molar-refractivity contribution in [3.63, 3.8) is 0 Å². The number of hydrogen-bond acceptors (Lipinski definition) is 7. The summed E-state index contributed by atoms with van der Waals surface area (Å²) in [5.74, 6) is -1.08. The van der Waals surface area contributed by atoms with Gasteiger partial charge >= 0.3 is 17.9 Å². The zero-order valence-corrected chi connectivity index (χ0v) is 15.4. The van der Waals surface area contributed by atoms with E-state index in [4.69, 9.17) is 0 Å². The van der Waals surface area contributed by atoms with Crippen LogP contribution in [0.1, 0.15) is 27.7 Å². The highest BCUT2D eigenvalue weighted by molar-refractivity contribution is 5.87. The number of rotatable bonds is 6. The summed E-state index contributed by atoms with van der Waals surface area (Å²) in [6.45, 7) is 17.1. The van der Waals surface area contributed by atoms with Crippen LogP contribution in [0.2, 0.25) is 0 Å². The van der Waals surface area contributed by atoms with Crippen LogP contribution in [0.3, 0.4) is 0 Å². The smallest absolute Gasteiger partial charge is 0.335 e. The molecule has 0 saturated heterocycles. The van der Waals surface area contributed by atoms with Crippen molar-refractivity contribution in [3.05, 3.63) is 36.5 Å². The Kier molecular flexibility index (Phi) is 18.7. The molecule has 0 amide bonds. The zero-order chi connectivity index (χ0) is 19.7. The lowest BCUT2D eigenvalue weighted by Crippen LogP contribution is -2.06. The van der Waals surface area contributed by atoms with Gasteiger partial charge in [0, 0.05) is 23.8 Å². The van der Waals surface area contributed by atoms with Crippen molar-refractivity contribution in [3.8, 4) is 0 Å². The Labute approximate surface area is 143 Å². The van der Waals surface area contributed by atoms with Gasteiger partial charge in [-0.2, -0.15) is 0 Å². The van der Waals surface area contributed by atoms with Crippen LogP contribution < -0.4 is 0 Å². The van der Waals surface area contributed by atoms with E-state index >= 15 is 0 Å². The molecule has 0 aliphatic carbocycles. The van der Waals surface area contributed by atoms with Crippen molar-refractivity contribution >= 4 is 17.9 Å². The molecule has 0 spiro atoms. The van der Waals surface area contributed by atoms with Crippen molar-refractivity contribution in [1.82, 2.24) is 0 Å². The average Bonchev–Trinajstić information content (AvgIpc) is 2.52. The number of hydrogen-bond donors (Lipinski definition) is 0. The molecular weight excluding hydrogens is 316 g/mol. The third-order valence-electron chi connectivity index (χ3n) is 1.81. The van der Waals surface area contributed by atoms with E-state index in [2.05, 4.69) is 38.7 Å². The van der Waals surface area contributed by atoms with E-state index in [1.165, 1.54) is 14.2 Å². The molecule has 0 N–H and O–H groups in total. The Hall–Kier alpha value is -2.41. The molecule has 0 aliphatic heterocycles. The summed E-state index contributed by atoms with van der Waals surface area (Å²) in [6.07, 6.45) is 0. The fourth-order valence-electron chi connectivity index (χ4n) is 0.664. The number of methoxy groups -OCH3 is 2. The minimum Gasteiger partial charge on any atom is -0.466 e. The quantitative estimate of drug-likeness (QED) is 0.317. The zero-order valence-electron chi connectivity index (χ0n) is 15.4. The van der Waals surface area contributed by atoms with E-state index in [9.17, 15) is 14.4 Å². The van der Waals surface area contributed by atoms with E-state index < -0.39 is 5.97 Å². The maximum Gasteiger partial charge on any atom is 0.335 e. The Bertz CT molecular complexity index is 450. The predicted octanol–water partition coefficient (Wildman–Crippen LogP) is 2.57. The van der Waals surface area contributed by atoms with E-state index in [-0.39, 0.29) is 18.7 Å². The molecule has 0 aromatic carbocycles. The molecule has 0 heterocycles. The lowest BCUT2D eigenvalue weighted by atomic mass is 10.4. The van der Waals surface area contributed by atoms with Crippen LogP contribution in [0.4, 0.5) is 0 Å². The second-order valence-corrected chi connectivity index (χ2v) is 4.39. The highest BCUT2D eigenvalue weighted by Crippen LogP contribution is 1.90. The Morgan fingerprint density at radius 2 is 1.12 bits per heavy atom. The van der Waals surface area contributed by atoms with Gasteiger partial charge in [0.2, 0.25) is 0 Å². The number of carbonyl (C=O) groups excluding carboxylic acids is 3. The van der Waals surface area contributed by atoms with Crippen LogP contribution in [-0.4, -0.2) is 45.5 Å². The summed E-state index contributed by atoms with van der Waals surface area (Å²) >= 11 is 0. The fraction of sp³-hybridized carbons (Fsp3) is 0.471. The molecule has 0 bridgehead atoms. The van der Waals surface area contributed by atoms with E-state index in [0.29, 0.717) is 23.3 Å². The van der Waals surface area contributed by atoms with E-state index in [1.54, 1.807) is 27.7 Å². The Morgan fingerprint density at radius 3 is 1.29 bits per heavy atom. The summed E-state index contributed by atoms with van der Waals surface area (Å²) in [5, 5.41) is 0. The van der Waals surface area contributed by atoms with Crippen LogP contribution in [0.5, 0.6) is 0 Å². The van der Waals surface area contributed by atoms with Crippen molar-refractivity contribution < 1.29 is 33.3 Å².